The third kappa shape index (κ3) is 5.08. The molecule has 0 aliphatic carbocycles. The minimum absolute atomic E-state index is 0.00496. The molecule has 0 radical (unpaired) electrons. The first kappa shape index (κ1) is 23.2. The van der Waals surface area contributed by atoms with Crippen LogP contribution in [0.4, 0.5) is 0 Å². The van der Waals surface area contributed by atoms with E-state index in [9.17, 15) is 18.0 Å². The van der Waals surface area contributed by atoms with Gasteiger partial charge in [0, 0.05) is 19.2 Å². The van der Waals surface area contributed by atoms with Crippen molar-refractivity contribution in [2.24, 2.45) is 5.92 Å². The molecule has 0 aromatic heterocycles. The van der Waals surface area contributed by atoms with Crippen molar-refractivity contribution < 1.29 is 27.5 Å². The largest absolute Gasteiger partial charge is 0.497 e. The fraction of sp³-hybridized carbons (Fsp3) is 0.364. The lowest BCUT2D eigenvalue weighted by atomic mass is 10.0. The van der Waals surface area contributed by atoms with Gasteiger partial charge in [0.2, 0.25) is 10.0 Å². The van der Waals surface area contributed by atoms with Gasteiger partial charge in [-0.2, -0.15) is 4.31 Å². The number of benzene rings is 2. The molecule has 2 aromatic carbocycles. The van der Waals surface area contributed by atoms with Crippen LogP contribution in [0.15, 0.2) is 41.3 Å². The van der Waals surface area contributed by atoms with Gasteiger partial charge >= 0.3 is 5.97 Å². The highest BCUT2D eigenvalue weighted by atomic mass is 35.5. The Bertz CT molecular complexity index is 1110. The van der Waals surface area contributed by atoms with Crippen LogP contribution in [0.5, 0.6) is 11.5 Å². The van der Waals surface area contributed by atoms with Crippen molar-refractivity contribution in [3.63, 3.8) is 0 Å². The molecule has 31 heavy (non-hydrogen) atoms. The number of halogens is 1. The fourth-order valence-electron chi connectivity index (χ4n) is 3.50. The lowest BCUT2D eigenvalue weighted by Crippen LogP contribution is -2.39. The van der Waals surface area contributed by atoms with Gasteiger partial charge in [0.15, 0.2) is 5.78 Å². The van der Waals surface area contributed by atoms with E-state index in [1.54, 1.807) is 6.07 Å². The van der Waals surface area contributed by atoms with Gasteiger partial charge in [-0.1, -0.05) is 18.5 Å². The number of methoxy groups -OCH3 is 1. The fourth-order valence-corrected chi connectivity index (χ4v) is 5.59. The molecule has 9 heteroatoms. The van der Waals surface area contributed by atoms with E-state index in [0.717, 1.165) is 12.8 Å². The summed E-state index contributed by atoms with van der Waals surface area (Å²) in [6, 6.07) is 8.47. The number of piperidine rings is 1. The Kier molecular flexibility index (Phi) is 7.03. The Hall–Kier alpha value is -2.42. The first-order chi connectivity index (χ1) is 14.6. The maximum atomic E-state index is 13.1. The summed E-state index contributed by atoms with van der Waals surface area (Å²) in [6.07, 6.45) is 1.73. The molecule has 1 unspecified atom stereocenters. The second-order valence-corrected chi connectivity index (χ2v) is 9.88. The smallest absolute Gasteiger partial charge is 0.343 e. The van der Waals surface area contributed by atoms with Gasteiger partial charge in [-0.3, -0.25) is 4.79 Å². The predicted molar refractivity (Wildman–Crippen MR) is 117 cm³/mol. The van der Waals surface area contributed by atoms with Crippen molar-refractivity contribution in [2.45, 2.75) is 31.6 Å². The van der Waals surface area contributed by atoms with E-state index in [4.69, 9.17) is 21.1 Å². The number of nitrogens with zero attached hydrogens (tertiary/aromatic N) is 1. The molecule has 1 saturated heterocycles. The highest BCUT2D eigenvalue weighted by Gasteiger charge is 2.31. The molecule has 0 saturated carbocycles. The number of rotatable bonds is 6. The maximum absolute atomic E-state index is 13.1. The van der Waals surface area contributed by atoms with Crippen LogP contribution in [0.2, 0.25) is 5.02 Å². The van der Waals surface area contributed by atoms with Crippen LogP contribution >= 0.6 is 11.6 Å². The lowest BCUT2D eigenvalue weighted by molar-refractivity contribution is 0.0732. The summed E-state index contributed by atoms with van der Waals surface area (Å²) in [5.74, 6) is -0.416. The number of Topliss-reactive ketones (excluding diaryl/α,β-unsaturated/α-hetero) is 1. The third-order valence-corrected chi connectivity index (χ3v) is 7.52. The van der Waals surface area contributed by atoms with E-state index in [1.807, 2.05) is 6.92 Å². The summed E-state index contributed by atoms with van der Waals surface area (Å²) in [5, 5.41) is 0.0283. The standard InChI is InChI=1S/C22H24ClNO6S/c1-14-5-4-10-24(13-14)31(27,28)21-11-16(6-9-19(21)23)22(26)30-20-12-17(29-3)7-8-18(20)15(2)25/h6-9,11-12,14H,4-5,10,13H2,1-3H3. The number of sulfonamides is 1. The summed E-state index contributed by atoms with van der Waals surface area (Å²) in [5.41, 5.74) is 0.212. The topological polar surface area (TPSA) is 90.0 Å². The van der Waals surface area contributed by atoms with Gasteiger partial charge in [0.1, 0.15) is 16.4 Å². The zero-order valence-electron chi connectivity index (χ0n) is 17.6. The van der Waals surface area contributed by atoms with Crippen molar-refractivity contribution >= 4 is 33.4 Å². The summed E-state index contributed by atoms with van der Waals surface area (Å²) >= 11 is 6.19. The number of esters is 1. The van der Waals surface area contributed by atoms with E-state index in [2.05, 4.69) is 0 Å². The molecule has 1 aliphatic heterocycles. The monoisotopic (exact) mass is 465 g/mol. The van der Waals surface area contributed by atoms with E-state index in [-0.39, 0.29) is 38.5 Å². The van der Waals surface area contributed by atoms with Crippen molar-refractivity contribution in [1.82, 2.24) is 4.31 Å². The Morgan fingerprint density at radius 1 is 1.16 bits per heavy atom. The zero-order chi connectivity index (χ0) is 22.8. The summed E-state index contributed by atoms with van der Waals surface area (Å²) in [6.45, 7) is 4.16. The molecule has 0 amide bonds. The zero-order valence-corrected chi connectivity index (χ0v) is 19.1. The molecule has 2 aromatic rings. The van der Waals surface area contributed by atoms with Gasteiger partial charge in [-0.25, -0.2) is 13.2 Å². The first-order valence-electron chi connectivity index (χ1n) is 9.84. The van der Waals surface area contributed by atoms with Crippen molar-refractivity contribution in [1.29, 1.82) is 0 Å². The van der Waals surface area contributed by atoms with E-state index < -0.39 is 16.0 Å². The molecule has 166 valence electrons. The number of hydrogen-bond donors (Lipinski definition) is 0. The van der Waals surface area contributed by atoms with Crippen LogP contribution in [-0.2, 0) is 10.0 Å². The molecule has 1 atom stereocenters. The van der Waals surface area contributed by atoms with Crippen LogP contribution in [-0.4, -0.2) is 44.7 Å². The van der Waals surface area contributed by atoms with Gasteiger partial charge in [0.25, 0.3) is 0 Å². The Labute approximate surface area is 187 Å². The Balaban J connectivity index is 1.93. The maximum Gasteiger partial charge on any atom is 0.343 e. The van der Waals surface area contributed by atoms with E-state index in [1.165, 1.54) is 48.7 Å². The van der Waals surface area contributed by atoms with Crippen LogP contribution < -0.4 is 9.47 Å². The Morgan fingerprint density at radius 2 is 1.90 bits per heavy atom. The molecule has 3 rings (SSSR count). The minimum atomic E-state index is -3.87. The molecule has 7 nitrogen and oxygen atoms in total. The number of ether oxygens (including phenoxy) is 2. The average Bonchev–Trinajstić information content (AvgIpc) is 2.73. The average molecular weight is 466 g/mol. The molecule has 1 aliphatic rings. The summed E-state index contributed by atoms with van der Waals surface area (Å²) in [7, 11) is -2.42. The van der Waals surface area contributed by atoms with Crippen LogP contribution in [0.3, 0.4) is 0 Å². The second-order valence-electron chi connectivity index (χ2n) is 7.56. The molecular weight excluding hydrogens is 442 g/mol. The van der Waals surface area contributed by atoms with Crippen LogP contribution in [0.1, 0.15) is 47.4 Å². The minimum Gasteiger partial charge on any atom is -0.497 e. The van der Waals surface area contributed by atoms with Gasteiger partial charge in [0.05, 0.1) is 23.3 Å². The number of carbonyl (C=O) groups is 2. The van der Waals surface area contributed by atoms with Crippen molar-refractivity contribution in [3.05, 3.63) is 52.5 Å². The van der Waals surface area contributed by atoms with Crippen molar-refractivity contribution in [2.75, 3.05) is 20.2 Å². The summed E-state index contributed by atoms with van der Waals surface area (Å²) in [4.78, 5) is 24.5. The number of hydrogen-bond acceptors (Lipinski definition) is 6. The van der Waals surface area contributed by atoms with E-state index >= 15 is 0 Å². The van der Waals surface area contributed by atoms with Crippen molar-refractivity contribution in [3.8, 4) is 11.5 Å². The third-order valence-electron chi connectivity index (χ3n) is 5.18. The lowest BCUT2D eigenvalue weighted by Gasteiger charge is -2.30. The SMILES string of the molecule is COc1ccc(C(C)=O)c(OC(=O)c2ccc(Cl)c(S(=O)(=O)N3CCCC(C)C3)c2)c1. The molecule has 0 bridgehead atoms. The predicted octanol–water partition coefficient (Wildman–Crippen LogP) is 4.19. The van der Waals surface area contributed by atoms with Crippen LogP contribution in [0.25, 0.3) is 0 Å². The molecule has 0 spiro atoms. The van der Waals surface area contributed by atoms with Gasteiger partial charge in [-0.15, -0.1) is 0 Å². The molecular formula is C22H24ClNO6S. The van der Waals surface area contributed by atoms with Gasteiger partial charge in [-0.05, 0) is 56.0 Å². The van der Waals surface area contributed by atoms with Crippen LogP contribution in [0, 0.1) is 5.92 Å². The highest BCUT2D eigenvalue weighted by Crippen LogP contribution is 2.30. The van der Waals surface area contributed by atoms with Gasteiger partial charge < -0.3 is 9.47 Å². The molecule has 0 N–H and O–H groups in total. The quantitative estimate of drug-likeness (QED) is 0.361. The normalized spacial score (nSPS) is 17.2. The molecule has 1 fully saturated rings. The second kappa shape index (κ2) is 9.38. The van der Waals surface area contributed by atoms with E-state index in [0.29, 0.717) is 18.8 Å². The Morgan fingerprint density at radius 3 is 2.55 bits per heavy atom. The molecule has 1 heterocycles. The number of ketones is 1. The summed E-state index contributed by atoms with van der Waals surface area (Å²) < 4.78 is 38.2. The highest BCUT2D eigenvalue weighted by molar-refractivity contribution is 7.89. The first-order valence-corrected chi connectivity index (χ1v) is 11.7. The number of carbonyl (C=O) groups excluding carboxylic acids is 2.